The van der Waals surface area contributed by atoms with Crippen LogP contribution in [0, 0.1) is 0 Å². The van der Waals surface area contributed by atoms with E-state index in [4.69, 9.17) is 28.4 Å². The molecule has 1 saturated heterocycles. The molecule has 2 aliphatic carbocycles. The second-order valence-corrected chi connectivity index (χ2v) is 11.1. The topological polar surface area (TPSA) is 198 Å². The molecule has 2 aromatic carbocycles. The highest BCUT2D eigenvalue weighted by molar-refractivity contribution is 6.30. The van der Waals surface area contributed by atoms with Crippen molar-refractivity contribution in [3.63, 3.8) is 0 Å². The van der Waals surface area contributed by atoms with Gasteiger partial charge in [-0.2, -0.15) is 0 Å². The molecule has 0 saturated carbocycles. The molecule has 0 unspecified atom stereocenters. The van der Waals surface area contributed by atoms with Gasteiger partial charge in [-0.1, -0.05) is 24.3 Å². The fourth-order valence-corrected chi connectivity index (χ4v) is 6.19. The highest BCUT2D eigenvalue weighted by Crippen LogP contribution is 2.50. The van der Waals surface area contributed by atoms with E-state index in [1.807, 2.05) is 0 Å². The van der Waals surface area contributed by atoms with Gasteiger partial charge in [-0.05, 0) is 19.3 Å². The highest BCUT2D eigenvalue weighted by Gasteiger charge is 2.54. The number of fused-ring (bicyclic) bond motifs is 3. The lowest BCUT2D eigenvalue weighted by atomic mass is 9.77. The van der Waals surface area contributed by atoms with Gasteiger partial charge in [-0.15, -0.1) is 0 Å². The maximum Gasteiger partial charge on any atom is 0.303 e. The number of esters is 4. The number of hydrogen-bond donors (Lipinski definition) is 2. The molecule has 1 heterocycles. The number of carbonyl (C=O) groups excluding carboxylic acids is 6. The molecule has 1 fully saturated rings. The Morgan fingerprint density at radius 2 is 1.33 bits per heavy atom. The zero-order valence-corrected chi connectivity index (χ0v) is 25.4. The molecule has 5 rings (SSSR count). The Kier molecular flexibility index (Phi) is 9.13. The van der Waals surface area contributed by atoms with Crippen molar-refractivity contribution in [1.29, 1.82) is 0 Å². The number of ether oxygens (including phenoxy) is 6. The Bertz CT molecular complexity index is 1630. The summed E-state index contributed by atoms with van der Waals surface area (Å²) in [5.74, 6) is -5.47. The van der Waals surface area contributed by atoms with Gasteiger partial charge in [0.2, 0.25) is 0 Å². The Balaban J connectivity index is 1.58. The molecular formula is C32H32O14. The van der Waals surface area contributed by atoms with Gasteiger partial charge in [0.1, 0.15) is 24.2 Å². The summed E-state index contributed by atoms with van der Waals surface area (Å²) in [7, 11) is 0. The van der Waals surface area contributed by atoms with Crippen molar-refractivity contribution >= 4 is 35.4 Å². The lowest BCUT2D eigenvalue weighted by Gasteiger charge is -2.45. The van der Waals surface area contributed by atoms with E-state index >= 15 is 0 Å². The molecule has 2 N–H and O–H groups in total. The molecule has 1 aliphatic heterocycles. The number of hydrogen-bond acceptors (Lipinski definition) is 14. The normalized spacial score (nSPS) is 25.0. The second kappa shape index (κ2) is 12.9. The van der Waals surface area contributed by atoms with E-state index < -0.39 is 90.4 Å². The van der Waals surface area contributed by atoms with Gasteiger partial charge < -0.3 is 38.6 Å². The van der Waals surface area contributed by atoms with Crippen molar-refractivity contribution in [2.24, 2.45) is 0 Å². The molecule has 14 nitrogen and oxygen atoms in total. The number of ketones is 2. The van der Waals surface area contributed by atoms with Crippen LogP contribution in [0.3, 0.4) is 0 Å². The van der Waals surface area contributed by atoms with Crippen LogP contribution < -0.4 is 0 Å². The molecule has 3 aliphatic rings. The minimum absolute atomic E-state index is 0.0240. The molecule has 0 aromatic heterocycles. The van der Waals surface area contributed by atoms with Gasteiger partial charge in [-0.25, -0.2) is 0 Å². The first-order chi connectivity index (χ1) is 21.8. The van der Waals surface area contributed by atoms with Crippen LogP contribution in [0.25, 0.3) is 0 Å². The predicted octanol–water partition coefficient (Wildman–Crippen LogP) is 2.35. The summed E-state index contributed by atoms with van der Waals surface area (Å²) in [6.45, 7) is 3.92. The molecule has 244 valence electrons. The van der Waals surface area contributed by atoms with Gasteiger partial charge in [0.05, 0.1) is 17.2 Å². The number of benzene rings is 2. The number of carbonyl (C=O) groups is 6. The van der Waals surface area contributed by atoms with E-state index in [1.54, 1.807) is 12.1 Å². The van der Waals surface area contributed by atoms with E-state index in [0.29, 0.717) is 6.42 Å². The first kappa shape index (κ1) is 32.6. The molecular weight excluding hydrogens is 608 g/mol. The average Bonchev–Trinajstić information content (AvgIpc) is 2.99. The molecule has 14 heteroatoms. The molecule has 46 heavy (non-hydrogen) atoms. The highest BCUT2D eigenvalue weighted by atomic mass is 16.7. The summed E-state index contributed by atoms with van der Waals surface area (Å²) < 4.78 is 33.8. The van der Waals surface area contributed by atoms with Gasteiger partial charge >= 0.3 is 23.9 Å². The molecule has 0 amide bonds. The first-order valence-electron chi connectivity index (χ1n) is 14.5. The van der Waals surface area contributed by atoms with E-state index in [9.17, 15) is 39.0 Å². The summed E-state index contributed by atoms with van der Waals surface area (Å²) in [6, 6.07) is 6.06. The van der Waals surface area contributed by atoms with E-state index in [1.165, 1.54) is 12.1 Å². The lowest BCUT2D eigenvalue weighted by molar-refractivity contribution is -0.318. The molecule has 2 aromatic rings. The third-order valence-corrected chi connectivity index (χ3v) is 7.92. The summed E-state index contributed by atoms with van der Waals surface area (Å²) in [6.07, 6.45) is -7.56. The summed E-state index contributed by atoms with van der Waals surface area (Å²) >= 11 is 0. The number of phenolic OH excluding ortho intramolecular Hbond substituents is 2. The lowest BCUT2D eigenvalue weighted by Crippen LogP contribution is -2.63. The second-order valence-electron chi connectivity index (χ2n) is 11.1. The first-order valence-corrected chi connectivity index (χ1v) is 14.5. The van der Waals surface area contributed by atoms with Crippen molar-refractivity contribution in [3.05, 3.63) is 57.6 Å². The maximum absolute atomic E-state index is 13.5. The van der Waals surface area contributed by atoms with Crippen LogP contribution in [0.15, 0.2) is 24.3 Å². The fourth-order valence-electron chi connectivity index (χ4n) is 6.19. The van der Waals surface area contributed by atoms with Gasteiger partial charge in [0.15, 0.2) is 36.2 Å². The van der Waals surface area contributed by atoms with Crippen LogP contribution in [0.4, 0.5) is 0 Å². The predicted molar refractivity (Wildman–Crippen MR) is 152 cm³/mol. The molecule has 0 bridgehead atoms. The monoisotopic (exact) mass is 640 g/mol. The molecule has 0 radical (unpaired) electrons. The summed E-state index contributed by atoms with van der Waals surface area (Å²) in [5.41, 5.74) is -0.335. The van der Waals surface area contributed by atoms with Gasteiger partial charge in [0, 0.05) is 49.9 Å². The van der Waals surface area contributed by atoms with Crippen molar-refractivity contribution in [2.45, 2.75) is 83.8 Å². The summed E-state index contributed by atoms with van der Waals surface area (Å²) in [4.78, 5) is 75.1. The minimum atomic E-state index is -1.58. The Labute approximate surface area is 262 Å². The third kappa shape index (κ3) is 6.05. The maximum atomic E-state index is 13.5. The Morgan fingerprint density at radius 1 is 0.783 bits per heavy atom. The number of rotatable bonds is 7. The summed E-state index contributed by atoms with van der Waals surface area (Å²) in [5, 5.41) is 22.9. The van der Waals surface area contributed by atoms with E-state index in [-0.39, 0.29) is 46.2 Å². The van der Waals surface area contributed by atoms with Crippen LogP contribution in [0.2, 0.25) is 0 Å². The van der Waals surface area contributed by atoms with Crippen LogP contribution in [0.1, 0.15) is 89.6 Å². The Hall–Kier alpha value is -4.82. The van der Waals surface area contributed by atoms with Crippen LogP contribution in [-0.2, 0) is 54.0 Å². The number of aromatic hydroxyl groups is 2. The van der Waals surface area contributed by atoms with Gasteiger partial charge in [0.25, 0.3) is 0 Å². The van der Waals surface area contributed by atoms with Crippen LogP contribution >= 0.6 is 0 Å². The SMILES string of the molecule is CC(=O)OC[C@@H]1O[C@@H](O[C@@H]2CCCc3c(O)c4c(c(O)c32)C(=O)c2ccccc2C4=O)[C@@H](OC(C)=O)[C@@H](OC(C)=O)[C@@H]1OC(C)=O. The standard InChI is InChI=1S/C32H32O14/c1-13(33)41-12-21-29(42-14(2)34)30(43-15(3)35)31(44-16(4)36)32(46-21)45-20-11-7-10-19-22(20)28(40)24-23(27(19)39)25(37)17-8-5-6-9-18(17)26(24)38/h5-6,8-9,20-21,29-32,39-40H,7,10-12H2,1-4H3/t20-,21+,29-,30+,31+,32-/m1/s1. The van der Waals surface area contributed by atoms with Crippen molar-refractivity contribution < 1.29 is 67.4 Å². The Morgan fingerprint density at radius 3 is 1.89 bits per heavy atom. The minimum Gasteiger partial charge on any atom is -0.507 e. The van der Waals surface area contributed by atoms with Crippen LogP contribution in [-0.4, -0.2) is 83.0 Å². The zero-order chi connectivity index (χ0) is 33.4. The van der Waals surface area contributed by atoms with Gasteiger partial charge in [-0.3, -0.25) is 28.8 Å². The third-order valence-electron chi connectivity index (χ3n) is 7.92. The van der Waals surface area contributed by atoms with Crippen molar-refractivity contribution in [1.82, 2.24) is 0 Å². The number of phenols is 2. The van der Waals surface area contributed by atoms with Crippen molar-refractivity contribution in [3.8, 4) is 11.5 Å². The average molecular weight is 641 g/mol. The molecule has 6 atom stereocenters. The van der Waals surface area contributed by atoms with E-state index in [2.05, 4.69) is 0 Å². The van der Waals surface area contributed by atoms with Crippen LogP contribution in [0.5, 0.6) is 11.5 Å². The zero-order valence-electron chi connectivity index (χ0n) is 25.4. The smallest absolute Gasteiger partial charge is 0.303 e. The van der Waals surface area contributed by atoms with Crippen molar-refractivity contribution in [2.75, 3.05) is 6.61 Å². The largest absolute Gasteiger partial charge is 0.507 e. The quantitative estimate of drug-likeness (QED) is 0.217. The van der Waals surface area contributed by atoms with E-state index in [0.717, 1.165) is 27.7 Å². The molecule has 0 spiro atoms. The fraction of sp³-hybridized carbons (Fsp3) is 0.438.